The zero-order valence-corrected chi connectivity index (χ0v) is 12.5. The van der Waals surface area contributed by atoms with E-state index in [4.69, 9.17) is 5.73 Å². The first-order valence-corrected chi connectivity index (χ1v) is 8.58. The van der Waals surface area contributed by atoms with E-state index in [0.717, 1.165) is 36.8 Å². The number of benzene rings is 1. The van der Waals surface area contributed by atoms with Gasteiger partial charge in [0.05, 0.1) is 0 Å². The number of nitrogens with two attached hydrogens (primary N) is 1. The minimum absolute atomic E-state index is 0.323. The molecule has 1 aliphatic heterocycles. The fourth-order valence-corrected chi connectivity index (χ4v) is 3.61. The van der Waals surface area contributed by atoms with Crippen LogP contribution in [0, 0.1) is 0 Å². The second-order valence-corrected chi connectivity index (χ2v) is 6.92. The standard InChI is InChI=1S/C14H23N3O2S/c15-11-13-5-7-14(8-6-13)12-16-20(18,19)17-9-3-1-2-4-10-17/h5-8,16H,1-4,9-12,15H2. The molecule has 1 saturated heterocycles. The van der Waals surface area contributed by atoms with Crippen LogP contribution in [-0.2, 0) is 23.3 Å². The Bertz CT molecular complexity index is 506. The van der Waals surface area contributed by atoms with Crippen LogP contribution in [0.1, 0.15) is 36.8 Å². The minimum Gasteiger partial charge on any atom is -0.326 e. The molecule has 1 aliphatic rings. The molecule has 20 heavy (non-hydrogen) atoms. The molecular weight excluding hydrogens is 274 g/mol. The molecule has 6 heteroatoms. The zero-order chi connectivity index (χ0) is 14.4. The Hall–Kier alpha value is -0.950. The van der Waals surface area contributed by atoms with Gasteiger partial charge in [-0.1, -0.05) is 37.1 Å². The lowest BCUT2D eigenvalue weighted by molar-refractivity contribution is 0.414. The van der Waals surface area contributed by atoms with E-state index in [2.05, 4.69) is 4.72 Å². The second kappa shape index (κ2) is 7.17. The van der Waals surface area contributed by atoms with E-state index in [9.17, 15) is 8.42 Å². The van der Waals surface area contributed by atoms with E-state index in [1.165, 1.54) is 0 Å². The maximum absolute atomic E-state index is 12.2. The predicted octanol–water partition coefficient (Wildman–Crippen LogP) is 1.36. The maximum atomic E-state index is 12.2. The fraction of sp³-hybridized carbons (Fsp3) is 0.571. The molecule has 0 unspecified atom stereocenters. The lowest BCUT2D eigenvalue weighted by Crippen LogP contribution is -2.40. The van der Waals surface area contributed by atoms with Crippen molar-refractivity contribution in [1.29, 1.82) is 0 Å². The van der Waals surface area contributed by atoms with Crippen molar-refractivity contribution in [1.82, 2.24) is 9.03 Å². The molecule has 112 valence electrons. The summed E-state index contributed by atoms with van der Waals surface area (Å²) in [5.74, 6) is 0. The van der Waals surface area contributed by atoms with Crippen molar-refractivity contribution in [2.24, 2.45) is 5.73 Å². The first-order valence-electron chi connectivity index (χ1n) is 7.14. The summed E-state index contributed by atoms with van der Waals surface area (Å²) in [7, 11) is -3.36. The fourth-order valence-electron chi connectivity index (χ4n) is 2.34. The van der Waals surface area contributed by atoms with Crippen molar-refractivity contribution < 1.29 is 8.42 Å². The van der Waals surface area contributed by atoms with Crippen LogP contribution in [0.15, 0.2) is 24.3 Å². The molecule has 0 aliphatic carbocycles. The summed E-state index contributed by atoms with van der Waals surface area (Å²) in [5.41, 5.74) is 7.53. The molecular formula is C14H23N3O2S. The van der Waals surface area contributed by atoms with Crippen molar-refractivity contribution in [2.45, 2.75) is 38.8 Å². The van der Waals surface area contributed by atoms with E-state index in [1.54, 1.807) is 4.31 Å². The average molecular weight is 297 g/mol. The van der Waals surface area contributed by atoms with E-state index >= 15 is 0 Å². The van der Waals surface area contributed by atoms with Crippen LogP contribution in [0.5, 0.6) is 0 Å². The topological polar surface area (TPSA) is 75.4 Å². The van der Waals surface area contributed by atoms with Crippen LogP contribution in [0.4, 0.5) is 0 Å². The van der Waals surface area contributed by atoms with Gasteiger partial charge in [-0.25, -0.2) is 0 Å². The van der Waals surface area contributed by atoms with Crippen LogP contribution in [0.25, 0.3) is 0 Å². The molecule has 1 heterocycles. The van der Waals surface area contributed by atoms with Gasteiger partial charge in [-0.2, -0.15) is 17.4 Å². The summed E-state index contributed by atoms with van der Waals surface area (Å²) < 4.78 is 28.7. The quantitative estimate of drug-likeness (QED) is 0.861. The van der Waals surface area contributed by atoms with Crippen LogP contribution in [-0.4, -0.2) is 25.8 Å². The second-order valence-electron chi connectivity index (χ2n) is 5.16. The van der Waals surface area contributed by atoms with Crippen molar-refractivity contribution in [3.05, 3.63) is 35.4 Å². The Morgan fingerprint density at radius 1 is 1.00 bits per heavy atom. The molecule has 0 radical (unpaired) electrons. The van der Waals surface area contributed by atoms with Gasteiger partial charge in [0.2, 0.25) is 0 Å². The Kier molecular flexibility index (Phi) is 5.54. The van der Waals surface area contributed by atoms with E-state index in [-0.39, 0.29) is 0 Å². The highest BCUT2D eigenvalue weighted by atomic mass is 32.2. The molecule has 1 fully saturated rings. The Labute approximate surface area is 121 Å². The summed E-state index contributed by atoms with van der Waals surface area (Å²) in [4.78, 5) is 0. The normalized spacial score (nSPS) is 17.9. The van der Waals surface area contributed by atoms with Crippen LogP contribution >= 0.6 is 0 Å². The summed E-state index contributed by atoms with van der Waals surface area (Å²) in [6.07, 6.45) is 4.14. The Balaban J connectivity index is 1.93. The van der Waals surface area contributed by atoms with Crippen LogP contribution in [0.3, 0.4) is 0 Å². The van der Waals surface area contributed by atoms with Crippen molar-refractivity contribution in [2.75, 3.05) is 13.1 Å². The van der Waals surface area contributed by atoms with Gasteiger partial charge in [0.15, 0.2) is 0 Å². The highest BCUT2D eigenvalue weighted by molar-refractivity contribution is 7.87. The predicted molar refractivity (Wildman–Crippen MR) is 80.1 cm³/mol. The highest BCUT2D eigenvalue weighted by Crippen LogP contribution is 2.13. The molecule has 0 saturated carbocycles. The van der Waals surface area contributed by atoms with Gasteiger partial charge < -0.3 is 5.73 Å². The number of nitrogens with one attached hydrogen (secondary N) is 1. The molecule has 2 rings (SSSR count). The monoisotopic (exact) mass is 297 g/mol. The number of hydrogen-bond donors (Lipinski definition) is 2. The SMILES string of the molecule is NCc1ccc(CNS(=O)(=O)N2CCCCCC2)cc1. The molecule has 3 N–H and O–H groups in total. The summed E-state index contributed by atoms with van der Waals surface area (Å²) in [6, 6.07) is 7.67. The van der Waals surface area contributed by atoms with Crippen molar-refractivity contribution >= 4 is 10.2 Å². The molecule has 0 spiro atoms. The number of hydrogen-bond acceptors (Lipinski definition) is 3. The average Bonchev–Trinajstić information content (AvgIpc) is 2.75. The molecule has 1 aromatic rings. The molecule has 0 atom stereocenters. The maximum Gasteiger partial charge on any atom is 0.279 e. The van der Waals surface area contributed by atoms with E-state index in [1.807, 2.05) is 24.3 Å². The molecule has 5 nitrogen and oxygen atoms in total. The lowest BCUT2D eigenvalue weighted by atomic mass is 10.1. The zero-order valence-electron chi connectivity index (χ0n) is 11.7. The van der Waals surface area contributed by atoms with Gasteiger partial charge in [-0.3, -0.25) is 0 Å². The van der Waals surface area contributed by atoms with E-state index < -0.39 is 10.2 Å². The lowest BCUT2D eigenvalue weighted by Gasteiger charge is -2.20. The summed E-state index contributed by atoms with van der Waals surface area (Å²) >= 11 is 0. The highest BCUT2D eigenvalue weighted by Gasteiger charge is 2.22. The van der Waals surface area contributed by atoms with Crippen molar-refractivity contribution in [3.8, 4) is 0 Å². The third-order valence-corrected chi connectivity index (χ3v) is 5.18. The third kappa shape index (κ3) is 4.28. The number of nitrogens with zero attached hydrogens (tertiary/aromatic N) is 1. The first-order chi connectivity index (χ1) is 9.62. The van der Waals surface area contributed by atoms with Crippen LogP contribution < -0.4 is 10.5 Å². The largest absolute Gasteiger partial charge is 0.326 e. The molecule has 0 bridgehead atoms. The smallest absolute Gasteiger partial charge is 0.279 e. The molecule has 0 amide bonds. The van der Waals surface area contributed by atoms with E-state index in [0.29, 0.717) is 26.2 Å². The summed E-state index contributed by atoms with van der Waals surface area (Å²) in [5, 5.41) is 0. The first kappa shape index (κ1) is 15.4. The van der Waals surface area contributed by atoms with Gasteiger partial charge in [-0.05, 0) is 24.0 Å². The van der Waals surface area contributed by atoms with Gasteiger partial charge >= 0.3 is 0 Å². The van der Waals surface area contributed by atoms with Gasteiger partial charge in [0.25, 0.3) is 10.2 Å². The van der Waals surface area contributed by atoms with Gasteiger partial charge in [-0.15, -0.1) is 0 Å². The minimum atomic E-state index is -3.36. The Morgan fingerprint density at radius 3 is 2.10 bits per heavy atom. The van der Waals surface area contributed by atoms with Gasteiger partial charge in [0, 0.05) is 26.2 Å². The van der Waals surface area contributed by atoms with Crippen LogP contribution in [0.2, 0.25) is 0 Å². The molecule has 1 aromatic carbocycles. The van der Waals surface area contributed by atoms with Gasteiger partial charge in [0.1, 0.15) is 0 Å². The number of rotatable bonds is 5. The molecule has 0 aromatic heterocycles. The van der Waals surface area contributed by atoms with Crippen molar-refractivity contribution in [3.63, 3.8) is 0 Å². The summed E-state index contributed by atoms with van der Waals surface area (Å²) in [6.45, 7) is 2.08. The third-order valence-electron chi connectivity index (χ3n) is 3.62. The Morgan fingerprint density at radius 2 is 1.55 bits per heavy atom.